The molecule has 1 amide bonds. The van der Waals surface area contributed by atoms with E-state index >= 15 is 0 Å². The fourth-order valence-electron chi connectivity index (χ4n) is 3.97. The Bertz CT molecular complexity index is 1190. The lowest BCUT2D eigenvalue weighted by Gasteiger charge is -2.22. The number of hydrogen-bond acceptors (Lipinski definition) is 3. The molecule has 1 aliphatic rings. The molecular formula is C23H23F2N3O2. The van der Waals surface area contributed by atoms with Gasteiger partial charge in [0.25, 0.3) is 11.5 Å². The van der Waals surface area contributed by atoms with Crippen molar-refractivity contribution in [1.82, 2.24) is 9.99 Å². The van der Waals surface area contributed by atoms with Crippen LogP contribution in [0.1, 0.15) is 47.4 Å². The summed E-state index contributed by atoms with van der Waals surface area (Å²) >= 11 is 0. The number of aromatic nitrogens is 1. The van der Waals surface area contributed by atoms with Crippen molar-refractivity contribution in [3.8, 4) is 0 Å². The molecule has 0 aliphatic heterocycles. The van der Waals surface area contributed by atoms with Crippen molar-refractivity contribution in [3.05, 3.63) is 81.3 Å². The molecule has 0 bridgehead atoms. The summed E-state index contributed by atoms with van der Waals surface area (Å²) in [6, 6.07) is 10.1. The third-order valence-electron chi connectivity index (χ3n) is 5.53. The number of carbonyl (C=O) groups excluding carboxylic acids is 1. The first kappa shape index (κ1) is 20.1. The largest absolute Gasteiger partial charge is 0.345 e. The normalized spacial score (nSPS) is 14.5. The molecule has 1 fully saturated rings. The highest BCUT2D eigenvalue weighted by molar-refractivity contribution is 6.08. The van der Waals surface area contributed by atoms with Gasteiger partial charge in [-0.15, -0.1) is 0 Å². The van der Waals surface area contributed by atoms with Gasteiger partial charge in [-0.2, -0.15) is 0 Å². The van der Waals surface area contributed by atoms with Gasteiger partial charge in [-0.05, 0) is 56.4 Å². The monoisotopic (exact) mass is 411 g/mol. The Labute approximate surface area is 172 Å². The van der Waals surface area contributed by atoms with Crippen LogP contribution in [0.2, 0.25) is 0 Å². The van der Waals surface area contributed by atoms with Crippen LogP contribution >= 0.6 is 0 Å². The molecule has 1 heterocycles. The molecule has 2 aromatic carbocycles. The number of halogens is 2. The number of carbonyl (C=O) groups is 1. The van der Waals surface area contributed by atoms with Gasteiger partial charge >= 0.3 is 0 Å². The number of hydrogen-bond donors (Lipinski definition) is 2. The van der Waals surface area contributed by atoms with Gasteiger partial charge in [0.2, 0.25) is 0 Å². The van der Waals surface area contributed by atoms with Crippen LogP contribution in [0.25, 0.3) is 10.8 Å². The van der Waals surface area contributed by atoms with E-state index in [0.717, 1.165) is 12.8 Å². The minimum Gasteiger partial charge on any atom is -0.345 e. The van der Waals surface area contributed by atoms with E-state index in [0.29, 0.717) is 17.8 Å². The standard InChI is InChI=1S/C23H23F2N3O2/c1-3-26-28-13(2)19(17-8-5-9-18(25)20(17)23(28)30)22(29)27-21(14-10-11-14)15-6-4-7-16(24)12-15/h4-9,12,14,21,26H,3,10-11H2,1-2H3,(H,27,29)/t21-/m0/s1. The predicted octanol–water partition coefficient (Wildman–Crippen LogP) is 4.03. The maximum absolute atomic E-state index is 14.5. The van der Waals surface area contributed by atoms with Gasteiger partial charge in [-0.3, -0.25) is 9.59 Å². The molecule has 4 rings (SSSR count). The zero-order valence-corrected chi connectivity index (χ0v) is 16.8. The molecule has 5 nitrogen and oxygen atoms in total. The summed E-state index contributed by atoms with van der Waals surface area (Å²) in [5.41, 5.74) is 3.67. The first-order valence-electron chi connectivity index (χ1n) is 10.1. The van der Waals surface area contributed by atoms with E-state index in [1.54, 1.807) is 25.1 Å². The van der Waals surface area contributed by atoms with Crippen LogP contribution in [0.4, 0.5) is 8.78 Å². The molecule has 1 aliphatic carbocycles. The summed E-state index contributed by atoms with van der Waals surface area (Å²) < 4.78 is 29.5. The average Bonchev–Trinajstić information content (AvgIpc) is 3.54. The van der Waals surface area contributed by atoms with Crippen LogP contribution in [0.5, 0.6) is 0 Å². The van der Waals surface area contributed by atoms with Crippen molar-refractivity contribution in [3.63, 3.8) is 0 Å². The van der Waals surface area contributed by atoms with E-state index in [4.69, 9.17) is 0 Å². The van der Waals surface area contributed by atoms with Crippen molar-refractivity contribution in [2.24, 2.45) is 5.92 Å². The number of rotatable bonds is 6. The lowest BCUT2D eigenvalue weighted by molar-refractivity contribution is 0.0932. The molecule has 0 radical (unpaired) electrons. The van der Waals surface area contributed by atoms with Crippen LogP contribution in [-0.4, -0.2) is 17.1 Å². The molecule has 156 valence electrons. The van der Waals surface area contributed by atoms with Gasteiger partial charge in [0.15, 0.2) is 0 Å². The highest BCUT2D eigenvalue weighted by Gasteiger charge is 2.34. The number of fused-ring (bicyclic) bond motifs is 1. The zero-order chi connectivity index (χ0) is 21.4. The number of benzene rings is 2. The Balaban J connectivity index is 1.83. The molecule has 1 saturated carbocycles. The Kier molecular flexibility index (Phi) is 5.28. The smallest absolute Gasteiger partial charge is 0.279 e. The van der Waals surface area contributed by atoms with E-state index in [9.17, 15) is 18.4 Å². The summed E-state index contributed by atoms with van der Waals surface area (Å²) in [5, 5.41) is 3.13. The molecule has 1 atom stereocenters. The minimum absolute atomic E-state index is 0.136. The first-order valence-corrected chi connectivity index (χ1v) is 10.1. The Hall–Kier alpha value is -3.22. The topological polar surface area (TPSA) is 63.1 Å². The lowest BCUT2D eigenvalue weighted by atomic mass is 9.99. The highest BCUT2D eigenvalue weighted by atomic mass is 19.1. The minimum atomic E-state index is -0.679. The molecule has 1 aromatic heterocycles. The van der Waals surface area contributed by atoms with Gasteiger partial charge in [-0.1, -0.05) is 24.3 Å². The molecule has 3 aromatic rings. The quantitative estimate of drug-likeness (QED) is 0.644. The van der Waals surface area contributed by atoms with Crippen molar-refractivity contribution in [2.75, 3.05) is 12.0 Å². The van der Waals surface area contributed by atoms with Crippen molar-refractivity contribution >= 4 is 16.7 Å². The highest BCUT2D eigenvalue weighted by Crippen LogP contribution is 2.41. The van der Waals surface area contributed by atoms with Gasteiger partial charge in [0, 0.05) is 11.9 Å². The molecule has 0 spiro atoms. The van der Waals surface area contributed by atoms with Crippen LogP contribution in [-0.2, 0) is 0 Å². The average molecular weight is 411 g/mol. The molecule has 0 unspecified atom stereocenters. The summed E-state index contributed by atoms with van der Waals surface area (Å²) in [7, 11) is 0. The van der Waals surface area contributed by atoms with E-state index in [-0.39, 0.29) is 34.1 Å². The second-order valence-corrected chi connectivity index (χ2v) is 7.62. The van der Waals surface area contributed by atoms with Crippen molar-refractivity contribution in [2.45, 2.75) is 32.7 Å². The third-order valence-corrected chi connectivity index (χ3v) is 5.53. The number of pyridine rings is 1. The molecule has 30 heavy (non-hydrogen) atoms. The first-order chi connectivity index (χ1) is 14.4. The zero-order valence-electron chi connectivity index (χ0n) is 16.8. The maximum atomic E-state index is 14.5. The van der Waals surface area contributed by atoms with Gasteiger partial charge < -0.3 is 10.7 Å². The molecule has 0 saturated heterocycles. The summed E-state index contributed by atoms with van der Waals surface area (Å²) in [6.45, 7) is 3.89. The number of nitrogens with zero attached hydrogens (tertiary/aromatic N) is 1. The third kappa shape index (κ3) is 3.56. The number of nitrogens with one attached hydrogen (secondary N) is 2. The van der Waals surface area contributed by atoms with Crippen LogP contribution in [0.3, 0.4) is 0 Å². The van der Waals surface area contributed by atoms with E-state index in [2.05, 4.69) is 10.7 Å². The van der Waals surface area contributed by atoms with E-state index in [1.165, 1.54) is 28.9 Å². The summed E-state index contributed by atoms with van der Waals surface area (Å²) in [4.78, 5) is 26.2. The predicted molar refractivity (Wildman–Crippen MR) is 112 cm³/mol. The van der Waals surface area contributed by atoms with Crippen molar-refractivity contribution < 1.29 is 13.6 Å². The lowest BCUT2D eigenvalue weighted by Crippen LogP contribution is -2.36. The van der Waals surface area contributed by atoms with Gasteiger partial charge in [0.1, 0.15) is 11.6 Å². The summed E-state index contributed by atoms with van der Waals surface area (Å²) in [6.07, 6.45) is 1.87. The SMILES string of the molecule is CCNn1c(C)c(C(=O)N[C@H](c2cccc(F)c2)C2CC2)c2cccc(F)c2c1=O. The summed E-state index contributed by atoms with van der Waals surface area (Å²) in [5.74, 6) is -1.24. The molecule has 7 heteroatoms. The second-order valence-electron chi connectivity index (χ2n) is 7.62. The van der Waals surface area contributed by atoms with Crippen molar-refractivity contribution in [1.29, 1.82) is 0 Å². The molecular weight excluding hydrogens is 388 g/mol. The van der Waals surface area contributed by atoms with Crippen LogP contribution in [0, 0.1) is 24.5 Å². The number of amides is 1. The Morgan fingerprint density at radius 1 is 1.20 bits per heavy atom. The fourth-order valence-corrected chi connectivity index (χ4v) is 3.97. The van der Waals surface area contributed by atoms with Gasteiger partial charge in [-0.25, -0.2) is 13.5 Å². The fraction of sp³-hybridized carbons (Fsp3) is 0.304. The molecule has 2 N–H and O–H groups in total. The van der Waals surface area contributed by atoms with Gasteiger partial charge in [0.05, 0.1) is 22.7 Å². The second kappa shape index (κ2) is 7.89. The van der Waals surface area contributed by atoms with E-state index in [1.807, 2.05) is 6.92 Å². The maximum Gasteiger partial charge on any atom is 0.279 e. The van der Waals surface area contributed by atoms with Crippen LogP contribution < -0.4 is 16.3 Å². The Morgan fingerprint density at radius 3 is 2.60 bits per heavy atom. The Morgan fingerprint density at radius 2 is 1.93 bits per heavy atom. The van der Waals surface area contributed by atoms with Crippen LogP contribution in [0.15, 0.2) is 47.3 Å². The van der Waals surface area contributed by atoms with E-state index < -0.39 is 17.3 Å².